The molecule has 1 radical (unpaired) electrons. The van der Waals surface area contributed by atoms with Crippen LogP contribution in [0.25, 0.3) is 0 Å². The smallest absolute Gasteiger partial charge is 0.409 e. The van der Waals surface area contributed by atoms with E-state index in [1.54, 1.807) is 14.1 Å². The van der Waals surface area contributed by atoms with Crippen LogP contribution in [0.4, 0.5) is 4.79 Å². The molecule has 0 aliphatic carbocycles. The third-order valence-electron chi connectivity index (χ3n) is 1.07. The van der Waals surface area contributed by atoms with E-state index in [4.69, 9.17) is 4.74 Å². The lowest BCUT2D eigenvalue weighted by Crippen LogP contribution is -2.26. The molecule has 0 bridgehead atoms. The molecule has 0 aliphatic rings. The first kappa shape index (κ1) is 9.27. The van der Waals surface area contributed by atoms with Gasteiger partial charge in [-0.25, -0.2) is 4.79 Å². The predicted octanol–water partition coefficient (Wildman–Crippen LogP) is 1.30. The molecule has 0 aliphatic heterocycles. The number of amides is 1. The summed E-state index contributed by atoms with van der Waals surface area (Å²) in [5.74, 6) is 0. The quantitative estimate of drug-likeness (QED) is 0.584. The second-order valence-electron chi connectivity index (χ2n) is 2.38. The number of ether oxygens (including phenoxy) is 1. The number of nitrogens with zero attached hydrogens (tertiary/aromatic N) is 1. The largest absolute Gasteiger partial charge is 0.446 e. The minimum Gasteiger partial charge on any atom is -0.446 e. The molecule has 0 aromatic heterocycles. The monoisotopic (exact) mass is 144 g/mol. The number of rotatable bonds is 2. The number of carbonyl (C=O) groups excluding carboxylic acids is 1. The van der Waals surface area contributed by atoms with Crippen LogP contribution < -0.4 is 0 Å². The fourth-order valence-electron chi connectivity index (χ4n) is 0.336. The maximum absolute atomic E-state index is 10.8. The minimum absolute atomic E-state index is 0.0881. The Morgan fingerprint density at radius 1 is 1.70 bits per heavy atom. The van der Waals surface area contributed by atoms with E-state index in [0.29, 0.717) is 6.42 Å². The number of hydrogen-bond donors (Lipinski definition) is 0. The molecule has 10 heavy (non-hydrogen) atoms. The number of carbonyl (C=O) groups is 1. The molecule has 0 aromatic carbocycles. The summed E-state index contributed by atoms with van der Waals surface area (Å²) in [5.41, 5.74) is 0. The molecule has 0 heterocycles. The molecule has 1 unspecified atom stereocenters. The van der Waals surface area contributed by atoms with Gasteiger partial charge in [-0.1, -0.05) is 0 Å². The van der Waals surface area contributed by atoms with Gasteiger partial charge in [-0.2, -0.15) is 0 Å². The Balaban J connectivity index is 3.57. The van der Waals surface area contributed by atoms with Gasteiger partial charge in [-0.3, -0.25) is 0 Å². The predicted molar refractivity (Wildman–Crippen MR) is 39.6 cm³/mol. The number of hydrogen-bond acceptors (Lipinski definition) is 2. The Labute approximate surface area is 62.0 Å². The summed E-state index contributed by atoms with van der Waals surface area (Å²) in [4.78, 5) is 12.2. The van der Waals surface area contributed by atoms with E-state index in [9.17, 15) is 4.79 Å². The standard InChI is InChI=1S/C7H14NO2/c1-5-6(2)10-7(9)8(3)4/h6H,1,5H2,2-4H3. The summed E-state index contributed by atoms with van der Waals surface area (Å²) >= 11 is 0. The minimum atomic E-state index is -0.309. The van der Waals surface area contributed by atoms with Crippen LogP contribution in [0, 0.1) is 6.92 Å². The van der Waals surface area contributed by atoms with Gasteiger partial charge in [0.1, 0.15) is 6.10 Å². The zero-order valence-corrected chi connectivity index (χ0v) is 6.76. The molecule has 1 amide bonds. The van der Waals surface area contributed by atoms with Crippen LogP contribution in [0.15, 0.2) is 0 Å². The molecule has 3 nitrogen and oxygen atoms in total. The van der Waals surface area contributed by atoms with Gasteiger partial charge in [0.25, 0.3) is 0 Å². The maximum atomic E-state index is 10.8. The van der Waals surface area contributed by atoms with Gasteiger partial charge in [0.05, 0.1) is 0 Å². The van der Waals surface area contributed by atoms with E-state index >= 15 is 0 Å². The highest BCUT2D eigenvalue weighted by atomic mass is 16.6. The van der Waals surface area contributed by atoms with Crippen molar-refractivity contribution in [2.24, 2.45) is 0 Å². The molecule has 0 aromatic rings. The van der Waals surface area contributed by atoms with Crippen molar-refractivity contribution < 1.29 is 9.53 Å². The van der Waals surface area contributed by atoms with Gasteiger partial charge in [-0.05, 0) is 20.3 Å². The van der Waals surface area contributed by atoms with Gasteiger partial charge in [0.2, 0.25) is 0 Å². The van der Waals surface area contributed by atoms with Gasteiger partial charge >= 0.3 is 6.09 Å². The first-order valence-electron chi connectivity index (χ1n) is 3.25. The molecular weight excluding hydrogens is 130 g/mol. The summed E-state index contributed by atoms with van der Waals surface area (Å²) in [6, 6.07) is 0. The normalized spacial score (nSPS) is 12.4. The van der Waals surface area contributed by atoms with Crippen LogP contribution in [0.1, 0.15) is 13.3 Å². The molecule has 0 fully saturated rings. The lowest BCUT2D eigenvalue weighted by atomic mass is 10.3. The zero-order valence-electron chi connectivity index (χ0n) is 6.76. The first-order chi connectivity index (χ1) is 4.57. The Kier molecular flexibility index (Phi) is 3.84. The summed E-state index contributed by atoms with van der Waals surface area (Å²) in [5, 5.41) is 0. The second kappa shape index (κ2) is 4.14. The highest BCUT2D eigenvalue weighted by molar-refractivity contribution is 5.66. The molecular formula is C7H14NO2. The van der Waals surface area contributed by atoms with E-state index in [-0.39, 0.29) is 12.2 Å². The average molecular weight is 144 g/mol. The van der Waals surface area contributed by atoms with Crippen LogP contribution in [0.2, 0.25) is 0 Å². The highest BCUT2D eigenvalue weighted by Gasteiger charge is 2.07. The fraction of sp³-hybridized carbons (Fsp3) is 0.714. The molecule has 0 saturated carbocycles. The van der Waals surface area contributed by atoms with Crippen molar-refractivity contribution in [2.45, 2.75) is 19.4 Å². The molecule has 59 valence electrons. The third-order valence-corrected chi connectivity index (χ3v) is 1.07. The van der Waals surface area contributed by atoms with Crippen LogP contribution >= 0.6 is 0 Å². The van der Waals surface area contributed by atoms with Crippen molar-refractivity contribution in [3.8, 4) is 0 Å². The summed E-state index contributed by atoms with van der Waals surface area (Å²) in [6.07, 6.45) is 0.214. The summed E-state index contributed by atoms with van der Waals surface area (Å²) < 4.78 is 4.89. The Bertz CT molecular complexity index is 112. The molecule has 3 heteroatoms. The van der Waals surface area contributed by atoms with Crippen LogP contribution in [0.3, 0.4) is 0 Å². The van der Waals surface area contributed by atoms with Crippen molar-refractivity contribution in [3.05, 3.63) is 6.92 Å². The van der Waals surface area contributed by atoms with Crippen molar-refractivity contribution in [1.29, 1.82) is 0 Å². The van der Waals surface area contributed by atoms with Gasteiger partial charge in [0, 0.05) is 14.1 Å². The van der Waals surface area contributed by atoms with Crippen molar-refractivity contribution in [2.75, 3.05) is 14.1 Å². The second-order valence-corrected chi connectivity index (χ2v) is 2.38. The summed E-state index contributed by atoms with van der Waals surface area (Å²) in [6.45, 7) is 5.42. The first-order valence-corrected chi connectivity index (χ1v) is 3.25. The van der Waals surface area contributed by atoms with E-state index in [1.165, 1.54) is 4.90 Å². The molecule has 0 saturated heterocycles. The highest BCUT2D eigenvalue weighted by Crippen LogP contribution is 1.97. The molecule has 1 atom stereocenters. The van der Waals surface area contributed by atoms with Crippen molar-refractivity contribution >= 4 is 6.09 Å². The van der Waals surface area contributed by atoms with Crippen LogP contribution in [0.5, 0.6) is 0 Å². The van der Waals surface area contributed by atoms with Crippen LogP contribution in [-0.2, 0) is 4.74 Å². The average Bonchev–Trinajstić information content (AvgIpc) is 1.87. The van der Waals surface area contributed by atoms with Crippen molar-refractivity contribution in [3.63, 3.8) is 0 Å². The Hall–Kier alpha value is -0.730. The zero-order chi connectivity index (χ0) is 8.15. The van der Waals surface area contributed by atoms with E-state index < -0.39 is 0 Å². The maximum Gasteiger partial charge on any atom is 0.409 e. The molecule has 0 rings (SSSR count). The molecule has 0 N–H and O–H groups in total. The third kappa shape index (κ3) is 3.33. The van der Waals surface area contributed by atoms with E-state index in [2.05, 4.69) is 6.92 Å². The fourth-order valence-corrected chi connectivity index (χ4v) is 0.336. The molecule has 0 spiro atoms. The van der Waals surface area contributed by atoms with Crippen molar-refractivity contribution in [1.82, 2.24) is 4.90 Å². The summed E-state index contributed by atoms with van der Waals surface area (Å²) in [7, 11) is 3.30. The Morgan fingerprint density at radius 3 is 2.50 bits per heavy atom. The van der Waals surface area contributed by atoms with E-state index in [1.807, 2.05) is 6.92 Å². The van der Waals surface area contributed by atoms with Gasteiger partial charge < -0.3 is 9.64 Å². The Morgan fingerprint density at radius 2 is 2.20 bits per heavy atom. The SMILES string of the molecule is [CH2]CC(C)OC(=O)N(C)C. The van der Waals surface area contributed by atoms with Gasteiger partial charge in [0.15, 0.2) is 0 Å². The van der Waals surface area contributed by atoms with E-state index in [0.717, 1.165) is 0 Å². The lowest BCUT2D eigenvalue weighted by Gasteiger charge is -2.14. The van der Waals surface area contributed by atoms with Crippen LogP contribution in [-0.4, -0.2) is 31.2 Å². The lowest BCUT2D eigenvalue weighted by molar-refractivity contribution is 0.0836. The van der Waals surface area contributed by atoms with Gasteiger partial charge in [-0.15, -0.1) is 0 Å². The topological polar surface area (TPSA) is 29.5 Å².